The lowest BCUT2D eigenvalue weighted by molar-refractivity contribution is -0.113. The normalized spacial score (nSPS) is 16.3. The van der Waals surface area contributed by atoms with Crippen molar-refractivity contribution in [3.05, 3.63) is 30.1 Å². The SMILES string of the molecule is N#CCSc1ccccc1NC(=O)CSc1nnc(C2CC2)n1C1CC1. The van der Waals surface area contributed by atoms with Gasteiger partial charge in [0.25, 0.3) is 0 Å². The molecule has 1 heterocycles. The number of hydrogen-bond acceptors (Lipinski definition) is 6. The maximum absolute atomic E-state index is 12.4. The summed E-state index contributed by atoms with van der Waals surface area (Å²) in [7, 11) is 0. The topological polar surface area (TPSA) is 83.6 Å². The highest BCUT2D eigenvalue weighted by molar-refractivity contribution is 8.00. The Morgan fingerprint density at radius 2 is 2.04 bits per heavy atom. The van der Waals surface area contributed by atoms with Crippen LogP contribution in [0.1, 0.15) is 43.5 Å². The Bertz CT molecular complexity index is 852. The predicted molar refractivity (Wildman–Crippen MR) is 102 cm³/mol. The number of nitrogens with one attached hydrogen (secondary N) is 1. The van der Waals surface area contributed by atoms with Crippen LogP contribution in [0.2, 0.25) is 0 Å². The smallest absolute Gasteiger partial charge is 0.234 e. The van der Waals surface area contributed by atoms with Crippen molar-refractivity contribution in [2.75, 3.05) is 16.8 Å². The molecular formula is C18H19N5OS2. The van der Waals surface area contributed by atoms with Gasteiger partial charge in [0.1, 0.15) is 5.82 Å². The molecule has 0 spiro atoms. The molecule has 0 aliphatic heterocycles. The largest absolute Gasteiger partial charge is 0.324 e. The van der Waals surface area contributed by atoms with E-state index in [1.807, 2.05) is 24.3 Å². The summed E-state index contributed by atoms with van der Waals surface area (Å²) in [6.07, 6.45) is 4.77. The van der Waals surface area contributed by atoms with Crippen LogP contribution in [0, 0.1) is 11.3 Å². The van der Waals surface area contributed by atoms with E-state index in [0.717, 1.165) is 21.6 Å². The number of carbonyl (C=O) groups is 1. The summed E-state index contributed by atoms with van der Waals surface area (Å²) < 4.78 is 2.26. The predicted octanol–water partition coefficient (Wildman–Crippen LogP) is 3.84. The van der Waals surface area contributed by atoms with Crippen molar-refractivity contribution in [1.29, 1.82) is 5.26 Å². The molecule has 2 aliphatic carbocycles. The zero-order chi connectivity index (χ0) is 17.9. The Hall–Kier alpha value is -1.98. The lowest BCUT2D eigenvalue weighted by atomic mass is 10.3. The van der Waals surface area contributed by atoms with Crippen molar-refractivity contribution < 1.29 is 4.79 Å². The van der Waals surface area contributed by atoms with E-state index >= 15 is 0 Å². The molecule has 1 aromatic heterocycles. The number of benzene rings is 1. The first-order valence-electron chi connectivity index (χ1n) is 8.72. The van der Waals surface area contributed by atoms with Gasteiger partial charge in [-0.3, -0.25) is 4.79 Å². The lowest BCUT2D eigenvalue weighted by Gasteiger charge is -2.10. The summed E-state index contributed by atoms with van der Waals surface area (Å²) >= 11 is 2.87. The summed E-state index contributed by atoms with van der Waals surface area (Å²) in [4.78, 5) is 13.3. The standard InChI is InChI=1S/C18H19N5OS2/c19-9-10-25-15-4-2-1-3-14(15)20-16(24)11-26-18-22-21-17(12-5-6-12)23(18)13-7-8-13/h1-4,12-13H,5-8,10-11H2,(H,20,24). The van der Waals surface area contributed by atoms with Crippen molar-refractivity contribution in [3.8, 4) is 6.07 Å². The third-order valence-electron chi connectivity index (χ3n) is 4.33. The van der Waals surface area contributed by atoms with Gasteiger partial charge in [-0.2, -0.15) is 5.26 Å². The molecule has 6 nitrogen and oxygen atoms in total. The van der Waals surface area contributed by atoms with E-state index in [0.29, 0.717) is 23.5 Å². The van der Waals surface area contributed by atoms with Crippen LogP contribution >= 0.6 is 23.5 Å². The maximum Gasteiger partial charge on any atom is 0.234 e. The summed E-state index contributed by atoms with van der Waals surface area (Å²) in [5.41, 5.74) is 0.751. The molecule has 4 rings (SSSR count). The fraction of sp³-hybridized carbons (Fsp3) is 0.444. The fourth-order valence-corrected chi connectivity index (χ4v) is 4.29. The maximum atomic E-state index is 12.4. The highest BCUT2D eigenvalue weighted by Gasteiger charge is 2.36. The minimum Gasteiger partial charge on any atom is -0.324 e. The molecule has 0 unspecified atom stereocenters. The molecule has 26 heavy (non-hydrogen) atoms. The van der Waals surface area contributed by atoms with E-state index in [4.69, 9.17) is 5.26 Å². The van der Waals surface area contributed by atoms with Crippen LogP contribution in [0.5, 0.6) is 0 Å². The quantitative estimate of drug-likeness (QED) is 0.695. The molecule has 1 amide bonds. The van der Waals surface area contributed by atoms with Gasteiger partial charge in [0, 0.05) is 16.9 Å². The van der Waals surface area contributed by atoms with Crippen LogP contribution in [0.4, 0.5) is 5.69 Å². The Labute approximate surface area is 160 Å². The number of hydrogen-bond donors (Lipinski definition) is 1. The number of thioether (sulfide) groups is 2. The van der Waals surface area contributed by atoms with Crippen molar-refractivity contribution >= 4 is 35.1 Å². The van der Waals surface area contributed by atoms with Crippen LogP contribution < -0.4 is 5.32 Å². The molecule has 134 valence electrons. The summed E-state index contributed by atoms with van der Waals surface area (Å²) in [6.45, 7) is 0. The van der Waals surface area contributed by atoms with Gasteiger partial charge >= 0.3 is 0 Å². The Morgan fingerprint density at radius 3 is 2.77 bits per heavy atom. The Balaban J connectivity index is 1.39. The molecule has 0 radical (unpaired) electrons. The van der Waals surface area contributed by atoms with E-state index in [-0.39, 0.29) is 5.91 Å². The molecule has 1 aromatic carbocycles. The number of anilines is 1. The first kappa shape index (κ1) is 17.4. The van der Waals surface area contributed by atoms with Gasteiger partial charge in [-0.05, 0) is 37.8 Å². The van der Waals surface area contributed by atoms with Crippen LogP contribution in [0.15, 0.2) is 34.3 Å². The summed E-state index contributed by atoms with van der Waals surface area (Å²) in [5.74, 6) is 2.25. The van der Waals surface area contributed by atoms with Gasteiger partial charge in [-0.1, -0.05) is 23.9 Å². The third kappa shape index (κ3) is 4.05. The third-order valence-corrected chi connectivity index (χ3v) is 6.21. The number of carbonyl (C=O) groups excluding carboxylic acids is 1. The number of para-hydroxylation sites is 1. The number of aromatic nitrogens is 3. The lowest BCUT2D eigenvalue weighted by Crippen LogP contribution is -2.15. The van der Waals surface area contributed by atoms with Gasteiger partial charge in [0.2, 0.25) is 5.91 Å². The van der Waals surface area contributed by atoms with Crippen LogP contribution in [0.3, 0.4) is 0 Å². The molecule has 0 atom stereocenters. The van der Waals surface area contributed by atoms with Gasteiger partial charge in [-0.25, -0.2) is 0 Å². The minimum absolute atomic E-state index is 0.0710. The monoisotopic (exact) mass is 385 g/mol. The molecule has 0 saturated heterocycles. The van der Waals surface area contributed by atoms with E-state index in [1.165, 1.54) is 49.2 Å². The molecule has 0 bridgehead atoms. The van der Waals surface area contributed by atoms with Crippen LogP contribution in [-0.4, -0.2) is 32.2 Å². The molecule has 2 aliphatic rings. The molecular weight excluding hydrogens is 366 g/mol. The average Bonchev–Trinajstić information content (AvgIpc) is 3.58. The first-order chi connectivity index (χ1) is 12.8. The second-order valence-corrected chi connectivity index (χ2v) is 8.46. The van der Waals surface area contributed by atoms with E-state index < -0.39 is 0 Å². The molecule has 1 N–H and O–H groups in total. The zero-order valence-corrected chi connectivity index (χ0v) is 15.9. The highest BCUT2D eigenvalue weighted by Crippen LogP contribution is 2.46. The van der Waals surface area contributed by atoms with Crippen molar-refractivity contribution in [1.82, 2.24) is 14.8 Å². The zero-order valence-electron chi connectivity index (χ0n) is 14.2. The highest BCUT2D eigenvalue weighted by atomic mass is 32.2. The molecule has 2 saturated carbocycles. The van der Waals surface area contributed by atoms with E-state index in [9.17, 15) is 4.79 Å². The summed E-state index contributed by atoms with van der Waals surface area (Å²) in [6, 6.07) is 10.2. The second kappa shape index (κ2) is 7.72. The average molecular weight is 386 g/mol. The van der Waals surface area contributed by atoms with Crippen molar-refractivity contribution in [2.45, 2.75) is 47.7 Å². The molecule has 8 heteroatoms. The van der Waals surface area contributed by atoms with Crippen molar-refractivity contribution in [3.63, 3.8) is 0 Å². The van der Waals surface area contributed by atoms with Crippen molar-refractivity contribution in [2.24, 2.45) is 0 Å². The molecule has 2 fully saturated rings. The Morgan fingerprint density at radius 1 is 1.23 bits per heavy atom. The number of nitriles is 1. The van der Waals surface area contributed by atoms with E-state index in [1.54, 1.807) is 0 Å². The number of nitrogens with zero attached hydrogens (tertiary/aromatic N) is 4. The van der Waals surface area contributed by atoms with E-state index in [2.05, 4.69) is 26.2 Å². The van der Waals surface area contributed by atoms with Crippen LogP contribution in [-0.2, 0) is 4.79 Å². The van der Waals surface area contributed by atoms with Gasteiger partial charge in [0.15, 0.2) is 5.16 Å². The minimum atomic E-state index is -0.0710. The van der Waals surface area contributed by atoms with Gasteiger partial charge < -0.3 is 9.88 Å². The first-order valence-corrected chi connectivity index (χ1v) is 10.7. The van der Waals surface area contributed by atoms with Gasteiger partial charge in [-0.15, -0.1) is 22.0 Å². The summed E-state index contributed by atoms with van der Waals surface area (Å²) in [5, 5.41) is 21.3. The number of rotatable bonds is 8. The van der Waals surface area contributed by atoms with Crippen LogP contribution in [0.25, 0.3) is 0 Å². The molecule has 2 aromatic rings. The fourth-order valence-electron chi connectivity index (χ4n) is 2.80. The Kier molecular flexibility index (Phi) is 5.18. The number of amides is 1. The second-order valence-electron chi connectivity index (χ2n) is 6.50. The van der Waals surface area contributed by atoms with Gasteiger partial charge in [0.05, 0.1) is 23.3 Å².